The van der Waals surface area contributed by atoms with E-state index >= 15 is 0 Å². The summed E-state index contributed by atoms with van der Waals surface area (Å²) in [6.45, 7) is 1.30. The number of ether oxygens (including phenoxy) is 3. The van der Waals surface area contributed by atoms with Gasteiger partial charge in [-0.15, -0.1) is 11.3 Å². The van der Waals surface area contributed by atoms with Crippen molar-refractivity contribution < 1.29 is 27.8 Å². The molecular weight excluding hydrogens is 378 g/mol. The Morgan fingerprint density at radius 1 is 1.22 bits per heavy atom. The topological polar surface area (TPSA) is 60.9 Å². The lowest BCUT2D eigenvalue weighted by Gasteiger charge is -2.21. The minimum absolute atomic E-state index is 0.0860. The summed E-state index contributed by atoms with van der Waals surface area (Å²) in [6, 6.07) is 5.30. The van der Waals surface area contributed by atoms with Crippen LogP contribution in [0.1, 0.15) is 15.4 Å². The molecule has 27 heavy (non-hydrogen) atoms. The normalized spacial score (nSPS) is 10.9. The van der Waals surface area contributed by atoms with Crippen molar-refractivity contribution in [3.8, 4) is 22.1 Å². The van der Waals surface area contributed by atoms with Crippen LogP contribution in [0.3, 0.4) is 0 Å². The molecule has 1 aromatic carbocycles. The van der Waals surface area contributed by atoms with E-state index in [4.69, 9.17) is 14.2 Å². The zero-order chi connectivity index (χ0) is 20.0. The fourth-order valence-electron chi connectivity index (χ4n) is 2.48. The van der Waals surface area contributed by atoms with Gasteiger partial charge in [0, 0.05) is 19.2 Å². The van der Waals surface area contributed by atoms with Gasteiger partial charge in [-0.05, 0) is 25.1 Å². The Kier molecular flexibility index (Phi) is 7.49. The average Bonchev–Trinajstić information content (AvgIpc) is 3.05. The maximum atomic E-state index is 12.8. The first-order chi connectivity index (χ1) is 12.9. The molecule has 1 aromatic heterocycles. The van der Waals surface area contributed by atoms with Crippen LogP contribution in [0.4, 0.5) is 8.78 Å². The molecule has 0 bridgehead atoms. The molecule has 2 rings (SSSR count). The lowest BCUT2D eigenvalue weighted by Crippen LogP contribution is -2.37. The molecule has 0 aliphatic rings. The molecule has 6 nitrogen and oxygen atoms in total. The van der Waals surface area contributed by atoms with Crippen molar-refractivity contribution in [2.45, 2.75) is 13.3 Å². The van der Waals surface area contributed by atoms with Gasteiger partial charge in [-0.2, -0.15) is 0 Å². The molecule has 0 atom stereocenters. The molecule has 1 amide bonds. The molecule has 0 radical (unpaired) electrons. The molecule has 0 aliphatic heterocycles. The van der Waals surface area contributed by atoms with E-state index in [0.717, 1.165) is 21.8 Å². The Bertz CT molecular complexity index is 783. The molecule has 148 valence electrons. The van der Waals surface area contributed by atoms with Crippen molar-refractivity contribution in [2.24, 2.45) is 0 Å². The molecule has 1 heterocycles. The smallest absolute Gasteiger partial charge is 0.266 e. The highest BCUT2D eigenvalue weighted by Gasteiger charge is 2.24. The second-order valence-corrected chi connectivity index (χ2v) is 6.64. The number of carbonyl (C=O) groups excluding carboxylic acids is 1. The minimum atomic E-state index is -2.62. The number of carbonyl (C=O) groups is 1. The van der Waals surface area contributed by atoms with Gasteiger partial charge in [-0.25, -0.2) is 13.8 Å². The van der Waals surface area contributed by atoms with Gasteiger partial charge in [-0.3, -0.25) is 4.79 Å². The molecule has 0 spiro atoms. The number of methoxy groups -OCH3 is 3. The SMILES string of the molecule is COCCN(CC(F)F)C(=O)c1sc(-c2ccc(OC)c(OC)c2)nc1C. The van der Waals surface area contributed by atoms with Crippen molar-refractivity contribution >= 4 is 17.2 Å². The number of rotatable bonds is 9. The summed E-state index contributed by atoms with van der Waals surface area (Å²) in [5.41, 5.74) is 1.24. The number of aromatic nitrogens is 1. The van der Waals surface area contributed by atoms with Crippen LogP contribution in [-0.4, -0.2) is 63.2 Å². The van der Waals surface area contributed by atoms with Crippen LogP contribution in [-0.2, 0) is 4.74 Å². The van der Waals surface area contributed by atoms with E-state index in [1.165, 1.54) is 14.2 Å². The quantitative estimate of drug-likeness (QED) is 0.645. The average molecular weight is 400 g/mol. The summed E-state index contributed by atoms with van der Waals surface area (Å²) in [6.07, 6.45) is -2.62. The van der Waals surface area contributed by atoms with E-state index in [1.807, 2.05) is 0 Å². The maximum absolute atomic E-state index is 12.8. The van der Waals surface area contributed by atoms with Crippen LogP contribution in [0.2, 0.25) is 0 Å². The van der Waals surface area contributed by atoms with E-state index in [9.17, 15) is 13.6 Å². The molecule has 0 fully saturated rings. The highest BCUT2D eigenvalue weighted by atomic mass is 32.1. The third-order valence-electron chi connectivity index (χ3n) is 3.83. The van der Waals surface area contributed by atoms with E-state index in [-0.39, 0.29) is 13.2 Å². The van der Waals surface area contributed by atoms with Gasteiger partial charge in [0.2, 0.25) is 0 Å². The molecule has 9 heteroatoms. The van der Waals surface area contributed by atoms with Crippen molar-refractivity contribution in [1.82, 2.24) is 9.88 Å². The fourth-order valence-corrected chi connectivity index (χ4v) is 3.51. The monoisotopic (exact) mass is 400 g/mol. The van der Waals surface area contributed by atoms with Crippen molar-refractivity contribution in [1.29, 1.82) is 0 Å². The zero-order valence-corrected chi connectivity index (χ0v) is 16.4. The summed E-state index contributed by atoms with van der Waals surface area (Å²) < 4.78 is 41.1. The molecule has 0 aliphatic carbocycles. The molecular formula is C18H22F2N2O4S. The van der Waals surface area contributed by atoms with Gasteiger partial charge >= 0.3 is 0 Å². The van der Waals surface area contributed by atoms with E-state index in [2.05, 4.69) is 4.98 Å². The summed E-state index contributed by atoms with van der Waals surface area (Å²) in [5, 5.41) is 0.598. The van der Waals surface area contributed by atoms with Gasteiger partial charge in [0.1, 0.15) is 9.88 Å². The van der Waals surface area contributed by atoms with Crippen LogP contribution in [0.5, 0.6) is 11.5 Å². The van der Waals surface area contributed by atoms with Crippen molar-refractivity contribution in [2.75, 3.05) is 41.0 Å². The van der Waals surface area contributed by atoms with E-state index < -0.39 is 18.9 Å². The third kappa shape index (κ3) is 5.14. The van der Waals surface area contributed by atoms with E-state index in [0.29, 0.717) is 27.1 Å². The summed E-state index contributed by atoms with van der Waals surface area (Å²) in [4.78, 5) is 18.6. The Morgan fingerprint density at radius 2 is 1.93 bits per heavy atom. The number of aryl methyl sites for hydroxylation is 1. The number of halogens is 2. The lowest BCUT2D eigenvalue weighted by atomic mass is 10.2. The Balaban J connectivity index is 2.32. The number of hydrogen-bond donors (Lipinski definition) is 0. The zero-order valence-electron chi connectivity index (χ0n) is 15.6. The van der Waals surface area contributed by atoms with Gasteiger partial charge in [0.05, 0.1) is 33.1 Å². The first-order valence-corrected chi connectivity index (χ1v) is 8.99. The Hall–Kier alpha value is -2.26. The largest absolute Gasteiger partial charge is 0.493 e. The van der Waals surface area contributed by atoms with Crippen LogP contribution in [0.25, 0.3) is 10.6 Å². The van der Waals surface area contributed by atoms with Crippen molar-refractivity contribution in [3.05, 3.63) is 28.8 Å². The predicted molar refractivity (Wildman–Crippen MR) is 99.2 cm³/mol. The van der Waals surface area contributed by atoms with Gasteiger partial charge in [0.25, 0.3) is 12.3 Å². The van der Waals surface area contributed by atoms with Crippen molar-refractivity contribution in [3.63, 3.8) is 0 Å². The predicted octanol–water partition coefficient (Wildman–Crippen LogP) is 3.49. The number of benzene rings is 1. The lowest BCUT2D eigenvalue weighted by molar-refractivity contribution is 0.0481. The summed E-state index contributed by atoms with van der Waals surface area (Å²) >= 11 is 1.16. The van der Waals surface area contributed by atoms with E-state index in [1.54, 1.807) is 32.2 Å². The first-order valence-electron chi connectivity index (χ1n) is 8.17. The molecule has 2 aromatic rings. The van der Waals surface area contributed by atoms with Gasteiger partial charge < -0.3 is 19.1 Å². The summed E-state index contributed by atoms with van der Waals surface area (Å²) in [7, 11) is 4.53. The first kappa shape index (κ1) is 21.0. The Morgan fingerprint density at radius 3 is 2.52 bits per heavy atom. The van der Waals surface area contributed by atoms with Crippen LogP contribution in [0.15, 0.2) is 18.2 Å². The van der Waals surface area contributed by atoms with Crippen LogP contribution < -0.4 is 9.47 Å². The number of amides is 1. The second-order valence-electron chi connectivity index (χ2n) is 5.64. The molecule has 0 N–H and O–H groups in total. The number of nitrogens with zero attached hydrogens (tertiary/aromatic N) is 2. The molecule has 0 saturated carbocycles. The number of thiazole rings is 1. The van der Waals surface area contributed by atoms with Crippen LogP contribution in [0, 0.1) is 6.92 Å². The number of alkyl halides is 2. The van der Waals surface area contributed by atoms with Gasteiger partial charge in [0.15, 0.2) is 11.5 Å². The molecule has 0 saturated heterocycles. The highest BCUT2D eigenvalue weighted by Crippen LogP contribution is 2.35. The standard InChI is InChI=1S/C18H22F2N2O4S/c1-11-16(18(23)22(7-8-24-2)10-15(19)20)27-17(21-11)12-5-6-13(25-3)14(9-12)26-4/h5-6,9,15H,7-8,10H2,1-4H3. The highest BCUT2D eigenvalue weighted by molar-refractivity contribution is 7.17. The Labute approximate surface area is 160 Å². The fraction of sp³-hybridized carbons (Fsp3) is 0.444. The minimum Gasteiger partial charge on any atom is -0.493 e. The molecule has 0 unspecified atom stereocenters. The second kappa shape index (κ2) is 9.61. The van der Waals surface area contributed by atoms with Crippen LogP contribution >= 0.6 is 11.3 Å². The van der Waals surface area contributed by atoms with Gasteiger partial charge in [-0.1, -0.05) is 0 Å². The number of hydrogen-bond acceptors (Lipinski definition) is 6. The summed E-state index contributed by atoms with van der Waals surface area (Å²) in [5.74, 6) is 0.637. The third-order valence-corrected chi connectivity index (χ3v) is 5.03. The maximum Gasteiger partial charge on any atom is 0.266 e.